The third-order valence-electron chi connectivity index (χ3n) is 4.70. The quantitative estimate of drug-likeness (QED) is 0.425. The Morgan fingerprint density at radius 1 is 1.38 bits per heavy atom. The number of rotatable bonds is 6. The third kappa shape index (κ3) is 4.10. The van der Waals surface area contributed by atoms with Crippen molar-refractivity contribution in [3.63, 3.8) is 0 Å². The van der Waals surface area contributed by atoms with Gasteiger partial charge in [-0.05, 0) is 35.9 Å². The Labute approximate surface area is 191 Å². The van der Waals surface area contributed by atoms with Crippen LogP contribution in [-0.4, -0.2) is 34.1 Å². The van der Waals surface area contributed by atoms with E-state index in [1.807, 2.05) is 6.07 Å². The van der Waals surface area contributed by atoms with Crippen molar-refractivity contribution in [2.24, 2.45) is 0 Å². The zero-order chi connectivity index (χ0) is 22.8. The molecular weight excluding hydrogens is 450 g/mol. The molecule has 4 aromatic rings. The molecule has 0 atom stereocenters. The van der Waals surface area contributed by atoms with Crippen LogP contribution in [0.5, 0.6) is 11.5 Å². The number of hydrogen-bond donors (Lipinski definition) is 2. The van der Waals surface area contributed by atoms with Crippen molar-refractivity contribution in [1.82, 2.24) is 14.7 Å². The average molecular weight is 468 g/mol. The van der Waals surface area contributed by atoms with Crippen molar-refractivity contribution < 1.29 is 14.6 Å². The summed E-state index contributed by atoms with van der Waals surface area (Å²) in [5, 5.41) is 12.7. The monoisotopic (exact) mass is 467 g/mol. The number of phenolic OH excluding ortho intramolecular Hbond substituents is 1. The number of phenols is 1. The molecule has 0 fully saturated rings. The Morgan fingerprint density at radius 3 is 2.91 bits per heavy atom. The largest absolute Gasteiger partial charge is 0.503 e. The van der Waals surface area contributed by atoms with Gasteiger partial charge in [0.1, 0.15) is 0 Å². The number of hydrogen-bond acceptors (Lipinski definition) is 6. The molecule has 0 bridgehead atoms. The number of halogens is 1. The summed E-state index contributed by atoms with van der Waals surface area (Å²) in [4.78, 5) is 30.2. The highest BCUT2D eigenvalue weighted by Crippen LogP contribution is 2.35. The molecule has 0 aliphatic carbocycles. The second-order valence-corrected chi connectivity index (χ2v) is 8.24. The lowest BCUT2D eigenvalue weighted by Gasteiger charge is -2.05. The Morgan fingerprint density at radius 2 is 2.19 bits per heavy atom. The minimum absolute atomic E-state index is 0.128. The SMILES string of the molecule is C=CCNC(=O)c1cccc(-c2cn3c(=O)c(=Cc4cc(Cl)c(O)c(OC)c4)sc3n2)c1. The van der Waals surface area contributed by atoms with Gasteiger partial charge in [-0.3, -0.25) is 14.0 Å². The van der Waals surface area contributed by atoms with Gasteiger partial charge in [0.2, 0.25) is 0 Å². The number of fused-ring (bicyclic) bond motifs is 1. The second kappa shape index (κ2) is 8.86. The summed E-state index contributed by atoms with van der Waals surface area (Å²) in [6.07, 6.45) is 4.92. The van der Waals surface area contributed by atoms with Gasteiger partial charge in [0, 0.05) is 23.9 Å². The van der Waals surface area contributed by atoms with E-state index in [9.17, 15) is 14.7 Å². The third-order valence-corrected chi connectivity index (χ3v) is 5.97. The number of nitrogens with zero attached hydrogens (tertiary/aromatic N) is 2. The first-order valence-corrected chi connectivity index (χ1v) is 10.7. The van der Waals surface area contributed by atoms with Gasteiger partial charge in [-0.15, -0.1) is 6.58 Å². The first kappa shape index (κ1) is 21.6. The lowest BCUT2D eigenvalue weighted by atomic mass is 10.1. The number of nitrogens with one attached hydrogen (secondary N) is 1. The molecule has 0 aliphatic heterocycles. The van der Waals surface area contributed by atoms with Crippen molar-refractivity contribution in [2.75, 3.05) is 13.7 Å². The van der Waals surface area contributed by atoms with Crippen LogP contribution in [0.1, 0.15) is 15.9 Å². The number of benzene rings is 2. The van der Waals surface area contributed by atoms with Gasteiger partial charge >= 0.3 is 0 Å². The number of carbonyl (C=O) groups excluding carboxylic acids is 1. The van der Waals surface area contributed by atoms with Crippen LogP contribution in [0.15, 0.2) is 60.0 Å². The van der Waals surface area contributed by atoms with Crippen molar-refractivity contribution in [3.8, 4) is 22.8 Å². The molecule has 0 aliphatic rings. The summed E-state index contributed by atoms with van der Waals surface area (Å²) in [6.45, 7) is 3.96. The van der Waals surface area contributed by atoms with Crippen LogP contribution in [0.2, 0.25) is 5.02 Å². The molecule has 7 nitrogen and oxygen atoms in total. The van der Waals surface area contributed by atoms with E-state index in [2.05, 4.69) is 16.9 Å². The number of amides is 1. The van der Waals surface area contributed by atoms with Crippen LogP contribution < -0.4 is 20.1 Å². The molecule has 4 rings (SSSR count). The number of methoxy groups -OCH3 is 1. The lowest BCUT2D eigenvalue weighted by molar-refractivity contribution is 0.0958. The van der Waals surface area contributed by atoms with Gasteiger partial charge in [0.25, 0.3) is 11.5 Å². The smallest absolute Gasteiger partial charge is 0.274 e. The number of aromatic hydroxyl groups is 1. The highest BCUT2D eigenvalue weighted by molar-refractivity contribution is 7.15. The van der Waals surface area contributed by atoms with Crippen LogP contribution in [0.4, 0.5) is 0 Å². The first-order valence-electron chi connectivity index (χ1n) is 9.51. The fraction of sp³-hybridized carbons (Fsp3) is 0.0870. The van der Waals surface area contributed by atoms with Crippen molar-refractivity contribution in [3.05, 3.63) is 86.3 Å². The molecule has 0 saturated carbocycles. The molecule has 0 spiro atoms. The Bertz CT molecular complexity index is 1460. The standard InChI is InChI=1S/C23H18ClN3O4S/c1-3-7-25-21(29)15-6-4-5-14(11-15)17-12-27-22(30)19(32-23(27)26-17)10-13-8-16(24)20(28)18(9-13)31-2/h3-6,8-12,28H,1,7H2,2H3,(H,25,29). The van der Waals surface area contributed by atoms with Crippen LogP contribution in [0.3, 0.4) is 0 Å². The molecule has 9 heteroatoms. The fourth-order valence-electron chi connectivity index (χ4n) is 3.14. The van der Waals surface area contributed by atoms with Crippen LogP contribution in [-0.2, 0) is 0 Å². The predicted octanol–water partition coefficient (Wildman–Crippen LogP) is 3.25. The zero-order valence-corrected chi connectivity index (χ0v) is 18.5. The van der Waals surface area contributed by atoms with Crippen LogP contribution >= 0.6 is 22.9 Å². The molecule has 32 heavy (non-hydrogen) atoms. The summed E-state index contributed by atoms with van der Waals surface area (Å²) in [7, 11) is 1.42. The molecule has 1 amide bonds. The Balaban J connectivity index is 1.71. The molecule has 2 aromatic heterocycles. The summed E-state index contributed by atoms with van der Waals surface area (Å²) in [5.41, 5.74) is 2.20. The van der Waals surface area contributed by atoms with E-state index in [-0.39, 0.29) is 28.0 Å². The Kier molecular flexibility index (Phi) is 5.98. The van der Waals surface area contributed by atoms with E-state index in [0.29, 0.717) is 32.9 Å². The van der Waals surface area contributed by atoms with E-state index in [4.69, 9.17) is 16.3 Å². The van der Waals surface area contributed by atoms with Gasteiger partial charge in [-0.2, -0.15) is 0 Å². The van der Waals surface area contributed by atoms with E-state index in [1.54, 1.807) is 48.7 Å². The first-order chi connectivity index (χ1) is 15.4. The molecule has 2 aromatic carbocycles. The number of aromatic nitrogens is 2. The summed E-state index contributed by atoms with van der Waals surface area (Å²) in [6, 6.07) is 10.2. The maximum Gasteiger partial charge on any atom is 0.274 e. The maximum absolute atomic E-state index is 12.9. The summed E-state index contributed by atoms with van der Waals surface area (Å²) >= 11 is 7.26. The average Bonchev–Trinajstić information content (AvgIpc) is 3.34. The highest BCUT2D eigenvalue weighted by Gasteiger charge is 2.13. The van der Waals surface area contributed by atoms with Crippen molar-refractivity contribution >= 4 is 39.9 Å². The van der Waals surface area contributed by atoms with Crippen LogP contribution in [0.25, 0.3) is 22.3 Å². The number of imidazole rings is 1. The molecule has 162 valence electrons. The minimum Gasteiger partial charge on any atom is -0.503 e. The maximum atomic E-state index is 12.9. The van der Waals surface area contributed by atoms with Crippen molar-refractivity contribution in [2.45, 2.75) is 0 Å². The Hall–Kier alpha value is -3.62. The highest BCUT2D eigenvalue weighted by atomic mass is 35.5. The van der Waals surface area contributed by atoms with Gasteiger partial charge in [0.05, 0.1) is 22.4 Å². The molecule has 2 N–H and O–H groups in total. The van der Waals surface area contributed by atoms with Gasteiger partial charge in [-0.1, -0.05) is 41.1 Å². The molecular formula is C23H18ClN3O4S. The number of ether oxygens (including phenoxy) is 1. The summed E-state index contributed by atoms with van der Waals surface area (Å²) in [5.74, 6) is -0.145. The predicted molar refractivity (Wildman–Crippen MR) is 126 cm³/mol. The van der Waals surface area contributed by atoms with E-state index in [1.165, 1.54) is 22.8 Å². The molecule has 2 heterocycles. The molecule has 0 radical (unpaired) electrons. The minimum atomic E-state index is -0.230. The van der Waals surface area contributed by atoms with Crippen LogP contribution in [0, 0.1) is 0 Å². The number of thiazole rings is 1. The van der Waals surface area contributed by atoms with E-state index in [0.717, 1.165) is 5.56 Å². The fourth-order valence-corrected chi connectivity index (χ4v) is 4.32. The number of carbonyl (C=O) groups is 1. The van der Waals surface area contributed by atoms with E-state index < -0.39 is 0 Å². The van der Waals surface area contributed by atoms with Gasteiger partial charge in [-0.25, -0.2) is 4.98 Å². The van der Waals surface area contributed by atoms with Gasteiger partial charge in [0.15, 0.2) is 16.5 Å². The van der Waals surface area contributed by atoms with E-state index >= 15 is 0 Å². The normalized spacial score (nSPS) is 11.6. The zero-order valence-electron chi connectivity index (χ0n) is 17.0. The molecule has 0 unspecified atom stereocenters. The molecule has 0 saturated heterocycles. The van der Waals surface area contributed by atoms with Gasteiger partial charge < -0.3 is 15.2 Å². The topological polar surface area (TPSA) is 92.9 Å². The summed E-state index contributed by atoms with van der Waals surface area (Å²) < 4.78 is 7.04. The van der Waals surface area contributed by atoms with Crippen molar-refractivity contribution in [1.29, 1.82) is 0 Å². The second-order valence-electron chi connectivity index (χ2n) is 6.83. The lowest BCUT2D eigenvalue weighted by Crippen LogP contribution is -2.23.